The van der Waals surface area contributed by atoms with E-state index in [1.807, 2.05) is 18.7 Å². The molecule has 6 nitrogen and oxygen atoms in total. The number of nitrogens with zero attached hydrogens (tertiary/aromatic N) is 2. The van der Waals surface area contributed by atoms with Crippen LogP contribution in [0.5, 0.6) is 0 Å². The minimum absolute atomic E-state index is 0. The zero-order valence-corrected chi connectivity index (χ0v) is 12.9. The predicted octanol–water partition coefficient (Wildman–Crippen LogP) is 1.15. The fourth-order valence-corrected chi connectivity index (χ4v) is 1.40. The Morgan fingerprint density at radius 3 is 2.39 bits per heavy atom. The molecule has 1 aromatic rings. The minimum atomic E-state index is -0.586. The van der Waals surface area contributed by atoms with Crippen molar-refractivity contribution in [3.05, 3.63) is 23.7 Å². The molecule has 0 aliphatic carbocycles. The van der Waals surface area contributed by atoms with E-state index in [2.05, 4.69) is 4.99 Å². The lowest BCUT2D eigenvalue weighted by molar-refractivity contribution is 0.0972. The van der Waals surface area contributed by atoms with E-state index in [9.17, 15) is 4.79 Å². The topological polar surface area (TPSA) is 97.9 Å². The van der Waals surface area contributed by atoms with E-state index in [0.29, 0.717) is 18.3 Å². The maximum atomic E-state index is 10.8. The summed E-state index contributed by atoms with van der Waals surface area (Å²) in [5.74, 6) is 0.578. The number of hydrogen-bond donors (Lipinski definition) is 2. The maximum absolute atomic E-state index is 10.8. The molecule has 1 heterocycles. The van der Waals surface area contributed by atoms with Gasteiger partial charge in [-0.1, -0.05) is 0 Å². The van der Waals surface area contributed by atoms with Gasteiger partial charge in [0.15, 0.2) is 11.7 Å². The molecule has 1 aromatic heterocycles. The van der Waals surface area contributed by atoms with Crippen LogP contribution in [0.3, 0.4) is 0 Å². The standard InChI is InChI=1S/C11H18N4O2.HI/c1-3-15(4-2)11(13)14-7-8-5-6-9(17-8)10(12)16;/h5-6H,3-4,7H2,1-2H3,(H2,12,16)(H2,13,14);1H. The largest absolute Gasteiger partial charge is 0.454 e. The zero-order chi connectivity index (χ0) is 12.8. The molecule has 0 saturated carbocycles. The summed E-state index contributed by atoms with van der Waals surface area (Å²) in [5.41, 5.74) is 10.9. The van der Waals surface area contributed by atoms with Crippen LogP contribution in [0.2, 0.25) is 0 Å². The Morgan fingerprint density at radius 1 is 1.33 bits per heavy atom. The number of amides is 1. The number of hydrogen-bond acceptors (Lipinski definition) is 3. The molecule has 7 heteroatoms. The highest BCUT2D eigenvalue weighted by molar-refractivity contribution is 14.0. The monoisotopic (exact) mass is 366 g/mol. The molecular weight excluding hydrogens is 347 g/mol. The summed E-state index contributed by atoms with van der Waals surface area (Å²) in [7, 11) is 0. The zero-order valence-electron chi connectivity index (χ0n) is 10.5. The van der Waals surface area contributed by atoms with Gasteiger partial charge in [0.05, 0.1) is 0 Å². The molecule has 1 amide bonds. The van der Waals surface area contributed by atoms with Gasteiger partial charge >= 0.3 is 0 Å². The van der Waals surface area contributed by atoms with Gasteiger partial charge in [0.1, 0.15) is 12.3 Å². The van der Waals surface area contributed by atoms with Crippen molar-refractivity contribution in [3.63, 3.8) is 0 Å². The second-order valence-corrected chi connectivity index (χ2v) is 3.48. The van der Waals surface area contributed by atoms with E-state index < -0.39 is 5.91 Å². The number of aliphatic imine (C=N–C) groups is 1. The number of furan rings is 1. The third-order valence-corrected chi connectivity index (χ3v) is 2.39. The van der Waals surface area contributed by atoms with Crippen LogP contribution in [-0.4, -0.2) is 29.9 Å². The van der Waals surface area contributed by atoms with Crippen molar-refractivity contribution in [2.75, 3.05) is 13.1 Å². The molecule has 0 aliphatic rings. The number of carbonyl (C=O) groups excluding carboxylic acids is 1. The Labute approximate surface area is 123 Å². The van der Waals surface area contributed by atoms with Gasteiger partial charge in [-0.2, -0.15) is 0 Å². The van der Waals surface area contributed by atoms with Crippen LogP contribution in [0.15, 0.2) is 21.5 Å². The molecule has 0 bridgehead atoms. The van der Waals surface area contributed by atoms with Gasteiger partial charge in [-0.25, -0.2) is 4.99 Å². The highest BCUT2D eigenvalue weighted by atomic mass is 127. The van der Waals surface area contributed by atoms with E-state index in [4.69, 9.17) is 15.9 Å². The van der Waals surface area contributed by atoms with Gasteiger partial charge in [0, 0.05) is 13.1 Å². The second-order valence-electron chi connectivity index (χ2n) is 3.48. The van der Waals surface area contributed by atoms with Crippen LogP contribution < -0.4 is 11.5 Å². The molecule has 102 valence electrons. The minimum Gasteiger partial charge on any atom is -0.454 e. The van der Waals surface area contributed by atoms with Gasteiger partial charge in [-0.15, -0.1) is 24.0 Å². The summed E-state index contributed by atoms with van der Waals surface area (Å²) >= 11 is 0. The van der Waals surface area contributed by atoms with Gasteiger partial charge < -0.3 is 20.8 Å². The molecule has 0 saturated heterocycles. The Hall–Kier alpha value is -1.25. The molecule has 0 atom stereocenters. The lowest BCUT2D eigenvalue weighted by atomic mass is 10.4. The molecule has 18 heavy (non-hydrogen) atoms. The van der Waals surface area contributed by atoms with Gasteiger partial charge in [0.2, 0.25) is 0 Å². The molecule has 0 unspecified atom stereocenters. The Morgan fingerprint density at radius 2 is 1.94 bits per heavy atom. The van der Waals surface area contributed by atoms with Crippen molar-refractivity contribution in [2.45, 2.75) is 20.4 Å². The van der Waals surface area contributed by atoms with Crippen LogP contribution >= 0.6 is 24.0 Å². The van der Waals surface area contributed by atoms with Crippen molar-refractivity contribution in [3.8, 4) is 0 Å². The summed E-state index contributed by atoms with van der Waals surface area (Å²) in [6.07, 6.45) is 0. The first-order valence-corrected chi connectivity index (χ1v) is 5.51. The molecule has 0 aliphatic heterocycles. The SMILES string of the molecule is CCN(CC)C(N)=NCc1ccc(C(N)=O)o1.I. The van der Waals surface area contributed by atoms with Crippen LogP contribution in [-0.2, 0) is 6.54 Å². The molecule has 0 spiro atoms. The highest BCUT2D eigenvalue weighted by Gasteiger charge is 2.07. The van der Waals surface area contributed by atoms with Crippen molar-refractivity contribution < 1.29 is 9.21 Å². The smallest absolute Gasteiger partial charge is 0.284 e. The van der Waals surface area contributed by atoms with E-state index in [0.717, 1.165) is 13.1 Å². The van der Waals surface area contributed by atoms with E-state index in [1.165, 1.54) is 6.07 Å². The van der Waals surface area contributed by atoms with E-state index in [1.54, 1.807) is 6.07 Å². The number of rotatable bonds is 5. The average Bonchev–Trinajstić information content (AvgIpc) is 2.76. The third kappa shape index (κ3) is 4.55. The lowest BCUT2D eigenvalue weighted by Gasteiger charge is -2.18. The van der Waals surface area contributed by atoms with Gasteiger partial charge in [-0.05, 0) is 26.0 Å². The van der Waals surface area contributed by atoms with E-state index >= 15 is 0 Å². The number of carbonyl (C=O) groups is 1. The van der Waals surface area contributed by atoms with Gasteiger partial charge in [-0.3, -0.25) is 4.79 Å². The molecule has 1 rings (SSSR count). The van der Waals surface area contributed by atoms with Crippen molar-refractivity contribution in [1.29, 1.82) is 0 Å². The molecular formula is C11H19IN4O2. The van der Waals surface area contributed by atoms with E-state index in [-0.39, 0.29) is 29.7 Å². The molecule has 0 fully saturated rings. The average molecular weight is 366 g/mol. The number of guanidine groups is 1. The third-order valence-electron chi connectivity index (χ3n) is 2.39. The maximum Gasteiger partial charge on any atom is 0.284 e. The van der Waals surface area contributed by atoms with Crippen molar-refractivity contribution in [2.24, 2.45) is 16.5 Å². The molecule has 4 N–H and O–H groups in total. The number of primary amides is 1. The first kappa shape index (κ1) is 16.8. The number of halogens is 1. The summed E-state index contributed by atoms with van der Waals surface area (Å²) in [6, 6.07) is 3.19. The summed E-state index contributed by atoms with van der Waals surface area (Å²) in [5, 5.41) is 0. The Balaban J connectivity index is 0.00000289. The van der Waals surface area contributed by atoms with Crippen LogP contribution in [0.4, 0.5) is 0 Å². The predicted molar refractivity (Wildman–Crippen MR) is 80.9 cm³/mol. The second kappa shape index (κ2) is 7.96. The normalized spacial score (nSPS) is 10.9. The fraction of sp³-hybridized carbons (Fsp3) is 0.455. The lowest BCUT2D eigenvalue weighted by Crippen LogP contribution is -2.36. The first-order valence-electron chi connectivity index (χ1n) is 5.51. The van der Waals surface area contributed by atoms with Crippen LogP contribution in [0, 0.1) is 0 Å². The van der Waals surface area contributed by atoms with Crippen molar-refractivity contribution >= 4 is 35.8 Å². The van der Waals surface area contributed by atoms with Gasteiger partial charge in [0.25, 0.3) is 5.91 Å². The molecule has 0 aromatic carbocycles. The quantitative estimate of drug-likeness (QED) is 0.464. The summed E-state index contributed by atoms with van der Waals surface area (Å²) in [4.78, 5) is 16.9. The van der Waals surface area contributed by atoms with Crippen LogP contribution in [0.25, 0.3) is 0 Å². The Kier molecular flexibility index (Phi) is 7.41. The van der Waals surface area contributed by atoms with Crippen LogP contribution in [0.1, 0.15) is 30.2 Å². The highest BCUT2D eigenvalue weighted by Crippen LogP contribution is 2.08. The number of nitrogens with two attached hydrogens (primary N) is 2. The first-order chi connectivity index (χ1) is 8.08. The molecule has 0 radical (unpaired) electrons. The Bertz CT molecular complexity index is 413. The summed E-state index contributed by atoms with van der Waals surface area (Å²) < 4.78 is 5.19. The van der Waals surface area contributed by atoms with Crippen molar-refractivity contribution in [1.82, 2.24) is 4.90 Å². The summed E-state index contributed by atoms with van der Waals surface area (Å²) in [6.45, 7) is 5.91. The fourth-order valence-electron chi connectivity index (χ4n) is 1.40.